The van der Waals surface area contributed by atoms with Gasteiger partial charge in [-0.25, -0.2) is 8.78 Å². The summed E-state index contributed by atoms with van der Waals surface area (Å²) in [6.45, 7) is -2.88. The zero-order chi connectivity index (χ0) is 23.2. The minimum atomic E-state index is -6.56. The van der Waals surface area contributed by atoms with E-state index in [0.29, 0.717) is 6.07 Å². The second kappa shape index (κ2) is 7.34. The molecule has 1 aliphatic rings. The van der Waals surface area contributed by atoms with Crippen LogP contribution in [-0.2, 0) is 5.92 Å². The number of aromatic nitrogens is 1. The molecule has 168 valence electrons. The van der Waals surface area contributed by atoms with Gasteiger partial charge in [0.05, 0.1) is 5.57 Å². The third kappa shape index (κ3) is 3.57. The van der Waals surface area contributed by atoms with Crippen LogP contribution in [0.5, 0.6) is 5.75 Å². The molecule has 0 bridgehead atoms. The average molecular weight is 457 g/mol. The molecule has 0 N–H and O–H groups in total. The Balaban J connectivity index is 2.24. The van der Waals surface area contributed by atoms with Crippen LogP contribution in [0, 0.1) is 5.21 Å². The maximum Gasteiger partial charge on any atom is 0.460 e. The normalized spacial score (nSPS) is 16.4. The first-order valence-electron chi connectivity index (χ1n) is 8.49. The summed E-state index contributed by atoms with van der Waals surface area (Å²) in [5, 5.41) is 12.1. The van der Waals surface area contributed by atoms with Gasteiger partial charge in [-0.15, -0.1) is 0 Å². The molecule has 0 saturated heterocycles. The van der Waals surface area contributed by atoms with Crippen molar-refractivity contribution >= 4 is 5.57 Å². The number of hydrogen-bond acceptors (Lipinski definition) is 2. The van der Waals surface area contributed by atoms with Crippen LogP contribution in [0.1, 0.15) is 16.8 Å². The predicted octanol–water partition coefficient (Wildman–Crippen LogP) is 5.11. The second-order valence-electron chi connectivity index (χ2n) is 6.76. The standard InChI is InChI=1S/C19H12F9NO2/c20-9-16(10-21)8-13(14-3-1-2-6-29(14)30)12-7-11(4-5-15(12)31-16)17(22,23)18(24,25)19(26,27)28/h1-8H,9-10H2. The molecular formula is C19H12F9NO2. The van der Waals surface area contributed by atoms with Crippen molar-refractivity contribution in [3.63, 3.8) is 0 Å². The molecule has 3 rings (SSSR count). The van der Waals surface area contributed by atoms with Crippen LogP contribution < -0.4 is 9.47 Å². The van der Waals surface area contributed by atoms with Crippen molar-refractivity contribution in [3.05, 3.63) is 70.7 Å². The SMILES string of the molecule is [O-][n+]1ccccc1C1=CC(CF)(CF)Oc2ccc(C(F)(F)C(F)(F)C(F)(F)F)cc21. The summed E-state index contributed by atoms with van der Waals surface area (Å²) in [6.07, 6.45) is -4.83. The first-order valence-corrected chi connectivity index (χ1v) is 8.49. The Morgan fingerprint density at radius 1 is 0.935 bits per heavy atom. The van der Waals surface area contributed by atoms with Gasteiger partial charge in [0.2, 0.25) is 5.69 Å². The fourth-order valence-corrected chi connectivity index (χ4v) is 2.99. The molecule has 0 fully saturated rings. The lowest BCUT2D eigenvalue weighted by atomic mass is 9.89. The molecule has 1 aromatic heterocycles. The van der Waals surface area contributed by atoms with E-state index < -0.39 is 53.8 Å². The third-order valence-corrected chi connectivity index (χ3v) is 4.66. The minimum absolute atomic E-state index is 0.206. The summed E-state index contributed by atoms with van der Waals surface area (Å²) < 4.78 is 125. The quantitative estimate of drug-likeness (QED) is 0.356. The Bertz CT molecular complexity index is 1010. The van der Waals surface area contributed by atoms with Gasteiger partial charge < -0.3 is 9.94 Å². The first kappa shape index (κ1) is 22.8. The molecule has 0 saturated carbocycles. The van der Waals surface area contributed by atoms with Crippen molar-refractivity contribution in [2.75, 3.05) is 13.3 Å². The Labute approximate surface area is 168 Å². The number of alkyl halides is 9. The lowest BCUT2D eigenvalue weighted by Crippen LogP contribution is -2.50. The molecule has 0 radical (unpaired) electrons. The zero-order valence-corrected chi connectivity index (χ0v) is 15.2. The highest BCUT2D eigenvalue weighted by Crippen LogP contribution is 2.53. The van der Waals surface area contributed by atoms with Crippen LogP contribution in [0.2, 0.25) is 0 Å². The van der Waals surface area contributed by atoms with E-state index in [2.05, 4.69) is 0 Å². The zero-order valence-electron chi connectivity index (χ0n) is 15.2. The summed E-state index contributed by atoms with van der Waals surface area (Å²) >= 11 is 0. The molecule has 1 aliphatic heterocycles. The predicted molar refractivity (Wildman–Crippen MR) is 89.1 cm³/mol. The van der Waals surface area contributed by atoms with Crippen LogP contribution in [0.15, 0.2) is 48.7 Å². The smallest absolute Gasteiger partial charge is 0.460 e. The molecule has 0 amide bonds. The maximum atomic E-state index is 14.2. The van der Waals surface area contributed by atoms with Crippen LogP contribution in [0.25, 0.3) is 5.57 Å². The van der Waals surface area contributed by atoms with Crippen molar-refractivity contribution in [2.24, 2.45) is 0 Å². The highest BCUT2D eigenvalue weighted by atomic mass is 19.4. The van der Waals surface area contributed by atoms with Gasteiger partial charge in [-0.2, -0.15) is 35.5 Å². The van der Waals surface area contributed by atoms with Crippen molar-refractivity contribution in [3.8, 4) is 5.75 Å². The Morgan fingerprint density at radius 2 is 1.58 bits per heavy atom. The maximum absolute atomic E-state index is 14.2. The molecule has 2 aromatic rings. The van der Waals surface area contributed by atoms with Crippen molar-refractivity contribution in [1.82, 2.24) is 0 Å². The van der Waals surface area contributed by atoms with Crippen LogP contribution in [-0.4, -0.2) is 31.0 Å². The summed E-state index contributed by atoms with van der Waals surface area (Å²) in [4.78, 5) is 0. The lowest BCUT2D eigenvalue weighted by molar-refractivity contribution is -0.608. The minimum Gasteiger partial charge on any atom is -0.618 e. The van der Waals surface area contributed by atoms with Gasteiger partial charge in [-0.3, -0.25) is 0 Å². The van der Waals surface area contributed by atoms with E-state index in [1.165, 1.54) is 12.1 Å². The lowest BCUT2D eigenvalue weighted by Gasteiger charge is -2.33. The number of ether oxygens (including phenoxy) is 1. The van der Waals surface area contributed by atoms with Crippen LogP contribution >= 0.6 is 0 Å². The summed E-state index contributed by atoms with van der Waals surface area (Å²) in [7, 11) is 0. The fraction of sp³-hybridized carbons (Fsp3) is 0.316. The molecule has 0 aliphatic carbocycles. The highest BCUT2D eigenvalue weighted by Gasteiger charge is 2.73. The van der Waals surface area contributed by atoms with Crippen molar-refractivity contribution in [2.45, 2.75) is 23.6 Å². The van der Waals surface area contributed by atoms with E-state index in [1.54, 1.807) is 0 Å². The van der Waals surface area contributed by atoms with Crippen molar-refractivity contribution < 1.29 is 49.0 Å². The molecule has 31 heavy (non-hydrogen) atoms. The summed E-state index contributed by atoms with van der Waals surface area (Å²) in [5.74, 6) is -12.6. The number of pyridine rings is 1. The first-order chi connectivity index (χ1) is 14.3. The van der Waals surface area contributed by atoms with E-state index in [9.17, 15) is 44.7 Å². The summed E-state index contributed by atoms with van der Waals surface area (Å²) in [6, 6.07) is 4.85. The molecule has 3 nitrogen and oxygen atoms in total. The molecular weight excluding hydrogens is 445 g/mol. The third-order valence-electron chi connectivity index (χ3n) is 4.66. The number of nitrogens with zero attached hydrogens (tertiary/aromatic N) is 1. The Kier molecular flexibility index (Phi) is 5.39. The number of halogens is 9. The average Bonchev–Trinajstić information content (AvgIpc) is 2.72. The Hall–Kier alpha value is -2.92. The number of fused-ring (bicyclic) bond motifs is 1. The van der Waals surface area contributed by atoms with Gasteiger partial charge in [0, 0.05) is 23.3 Å². The van der Waals surface area contributed by atoms with E-state index in [0.717, 1.165) is 18.3 Å². The van der Waals surface area contributed by atoms with Gasteiger partial charge in [0.15, 0.2) is 11.8 Å². The van der Waals surface area contributed by atoms with E-state index >= 15 is 0 Å². The van der Waals surface area contributed by atoms with Gasteiger partial charge in [0.1, 0.15) is 19.1 Å². The highest BCUT2D eigenvalue weighted by molar-refractivity contribution is 5.82. The molecule has 0 unspecified atom stereocenters. The van der Waals surface area contributed by atoms with Gasteiger partial charge >= 0.3 is 18.0 Å². The van der Waals surface area contributed by atoms with Crippen LogP contribution in [0.4, 0.5) is 39.5 Å². The number of rotatable bonds is 5. The fourth-order valence-electron chi connectivity index (χ4n) is 2.99. The molecule has 0 spiro atoms. The van der Waals surface area contributed by atoms with Gasteiger partial charge in [-0.05, 0) is 30.3 Å². The molecule has 0 atom stereocenters. The largest absolute Gasteiger partial charge is 0.618 e. The topological polar surface area (TPSA) is 36.2 Å². The van der Waals surface area contributed by atoms with E-state index in [1.807, 2.05) is 0 Å². The van der Waals surface area contributed by atoms with Crippen molar-refractivity contribution in [1.29, 1.82) is 0 Å². The molecule has 1 aromatic carbocycles. The van der Waals surface area contributed by atoms with Crippen LogP contribution in [0.3, 0.4) is 0 Å². The molecule has 2 heterocycles. The monoisotopic (exact) mass is 457 g/mol. The van der Waals surface area contributed by atoms with Gasteiger partial charge in [0.25, 0.3) is 0 Å². The summed E-state index contributed by atoms with van der Waals surface area (Å²) in [5.41, 5.74) is -5.18. The molecule has 12 heteroatoms. The van der Waals surface area contributed by atoms with E-state index in [4.69, 9.17) is 4.74 Å². The number of hydrogen-bond donors (Lipinski definition) is 0. The number of benzene rings is 1. The second-order valence-corrected chi connectivity index (χ2v) is 6.76. The van der Waals surface area contributed by atoms with Gasteiger partial charge in [-0.1, -0.05) is 0 Å². The van der Waals surface area contributed by atoms with E-state index in [-0.39, 0.29) is 28.1 Å². The Morgan fingerprint density at radius 3 is 2.13 bits per heavy atom.